The van der Waals surface area contributed by atoms with Crippen LogP contribution in [0, 0.1) is 0 Å². The Hall–Kier alpha value is -4.36. The molecule has 0 fully saturated rings. The van der Waals surface area contributed by atoms with E-state index in [0.29, 0.717) is 11.8 Å². The molecular weight excluding hydrogens is 518 g/mol. The highest BCUT2D eigenvalue weighted by Gasteiger charge is 2.23. The molecule has 0 aliphatic rings. The monoisotopic (exact) mass is 557 g/mol. The molecule has 0 aliphatic carbocycles. The number of hydrogen-bond acceptors (Lipinski definition) is 0. The third-order valence-electron chi connectivity index (χ3n) is 9.73. The van der Waals surface area contributed by atoms with Gasteiger partial charge in [0.25, 0.3) is 0 Å². The molecule has 8 aromatic rings. The fourth-order valence-electron chi connectivity index (χ4n) is 7.33. The summed E-state index contributed by atoms with van der Waals surface area (Å²) in [5, 5.41) is 10.6. The van der Waals surface area contributed by atoms with Crippen LogP contribution in [0.4, 0.5) is 0 Å². The summed E-state index contributed by atoms with van der Waals surface area (Å²) in [6, 6.07) is 37.6. The molecule has 1 nitrogen and oxygen atoms in total. The van der Waals surface area contributed by atoms with Crippen LogP contribution in [0.15, 0.2) is 97.1 Å². The molecule has 0 saturated heterocycles. The third kappa shape index (κ3) is 3.91. The van der Waals surface area contributed by atoms with E-state index in [-0.39, 0.29) is 5.41 Å². The second-order valence-corrected chi connectivity index (χ2v) is 14.3. The number of aromatic nitrogens is 1. The van der Waals surface area contributed by atoms with Gasteiger partial charge in [-0.25, -0.2) is 0 Å². The highest BCUT2D eigenvalue weighted by molar-refractivity contribution is 6.27. The molecule has 0 saturated carbocycles. The summed E-state index contributed by atoms with van der Waals surface area (Å²) in [7, 11) is 0. The fourth-order valence-corrected chi connectivity index (χ4v) is 7.33. The smallest absolute Gasteiger partial charge is 0.0620 e. The van der Waals surface area contributed by atoms with Gasteiger partial charge < -0.3 is 4.40 Å². The number of rotatable bonds is 3. The van der Waals surface area contributed by atoms with Crippen LogP contribution in [0.2, 0.25) is 0 Å². The van der Waals surface area contributed by atoms with E-state index in [9.17, 15) is 0 Å². The molecule has 0 aliphatic heterocycles. The highest BCUT2D eigenvalue weighted by atomic mass is 14.9. The Labute approximate surface area is 254 Å². The van der Waals surface area contributed by atoms with E-state index in [1.165, 1.54) is 87.5 Å². The minimum atomic E-state index is 0.0463. The van der Waals surface area contributed by atoms with Crippen LogP contribution in [0.3, 0.4) is 0 Å². The van der Waals surface area contributed by atoms with Crippen LogP contribution in [-0.4, -0.2) is 4.40 Å². The van der Waals surface area contributed by atoms with E-state index in [4.69, 9.17) is 0 Å². The first-order valence-electron chi connectivity index (χ1n) is 15.8. The highest BCUT2D eigenvalue weighted by Crippen LogP contribution is 2.45. The molecule has 0 amide bonds. The SMILES string of the molecule is CC(C)c1ccc2cc3c(cc2c1)c1cc(-c2ccccc2C(C)(C)C)cc2c4cc5cc(C(C)C)ccc5cc4n3c12. The van der Waals surface area contributed by atoms with Crippen molar-refractivity contribution in [2.45, 2.75) is 65.7 Å². The first-order chi connectivity index (χ1) is 20.6. The van der Waals surface area contributed by atoms with Crippen molar-refractivity contribution in [3.05, 3.63) is 114 Å². The quantitative estimate of drug-likeness (QED) is 0.203. The van der Waals surface area contributed by atoms with Crippen LogP contribution >= 0.6 is 0 Å². The van der Waals surface area contributed by atoms with Crippen molar-refractivity contribution in [2.24, 2.45) is 0 Å². The second kappa shape index (κ2) is 9.07. The zero-order valence-electron chi connectivity index (χ0n) is 26.3. The zero-order chi connectivity index (χ0) is 29.8. The lowest BCUT2D eigenvalue weighted by Crippen LogP contribution is -2.12. The molecule has 2 heterocycles. The van der Waals surface area contributed by atoms with Gasteiger partial charge in [-0.1, -0.05) is 109 Å². The lowest BCUT2D eigenvalue weighted by Gasteiger charge is -2.23. The predicted molar refractivity (Wildman–Crippen MR) is 188 cm³/mol. The summed E-state index contributed by atoms with van der Waals surface area (Å²) in [5.74, 6) is 1.01. The van der Waals surface area contributed by atoms with Crippen LogP contribution < -0.4 is 0 Å². The average molecular weight is 558 g/mol. The van der Waals surface area contributed by atoms with Gasteiger partial charge in [0, 0.05) is 21.5 Å². The molecule has 43 heavy (non-hydrogen) atoms. The van der Waals surface area contributed by atoms with Gasteiger partial charge in [-0.05, 0) is 103 Å². The second-order valence-electron chi connectivity index (χ2n) is 14.3. The molecule has 0 bridgehead atoms. The molecule has 1 heteroatoms. The molecule has 0 N–H and O–H groups in total. The Bertz CT molecular complexity index is 2240. The van der Waals surface area contributed by atoms with Gasteiger partial charge in [0.1, 0.15) is 0 Å². The van der Waals surface area contributed by atoms with E-state index in [0.717, 1.165) is 0 Å². The van der Waals surface area contributed by atoms with E-state index in [1.54, 1.807) is 0 Å². The van der Waals surface area contributed by atoms with Gasteiger partial charge in [-0.2, -0.15) is 0 Å². The average Bonchev–Trinajstić information content (AvgIpc) is 3.47. The number of fused-ring (bicyclic) bond motifs is 8. The van der Waals surface area contributed by atoms with E-state index in [2.05, 4.69) is 150 Å². The molecule has 0 spiro atoms. The zero-order valence-corrected chi connectivity index (χ0v) is 26.3. The van der Waals surface area contributed by atoms with Crippen molar-refractivity contribution in [3.8, 4) is 11.1 Å². The largest absolute Gasteiger partial charge is 0.308 e. The van der Waals surface area contributed by atoms with Gasteiger partial charge in [0.05, 0.1) is 16.6 Å². The number of hydrogen-bond donors (Lipinski definition) is 0. The number of nitrogens with zero attached hydrogens (tertiary/aromatic N) is 1. The van der Waals surface area contributed by atoms with Crippen molar-refractivity contribution >= 4 is 59.6 Å². The Morgan fingerprint density at radius 1 is 0.512 bits per heavy atom. The molecule has 2 aromatic heterocycles. The fraction of sp³-hybridized carbons (Fsp3) is 0.238. The van der Waals surface area contributed by atoms with E-state index < -0.39 is 0 Å². The molecule has 212 valence electrons. The van der Waals surface area contributed by atoms with Crippen molar-refractivity contribution in [1.29, 1.82) is 0 Å². The normalized spacial score (nSPS) is 13.0. The van der Waals surface area contributed by atoms with Crippen molar-refractivity contribution in [2.75, 3.05) is 0 Å². The van der Waals surface area contributed by atoms with Gasteiger partial charge in [-0.15, -0.1) is 0 Å². The Morgan fingerprint density at radius 2 is 1.02 bits per heavy atom. The summed E-state index contributed by atoms with van der Waals surface area (Å²) in [6.45, 7) is 16.1. The first kappa shape index (κ1) is 26.3. The van der Waals surface area contributed by atoms with Crippen LogP contribution in [0.5, 0.6) is 0 Å². The Morgan fingerprint density at radius 3 is 1.51 bits per heavy atom. The van der Waals surface area contributed by atoms with Crippen LogP contribution in [0.25, 0.3) is 70.8 Å². The summed E-state index contributed by atoms with van der Waals surface area (Å²) >= 11 is 0. The van der Waals surface area contributed by atoms with Gasteiger partial charge in [0.15, 0.2) is 0 Å². The van der Waals surface area contributed by atoms with Crippen LogP contribution in [-0.2, 0) is 5.41 Å². The lowest BCUT2D eigenvalue weighted by atomic mass is 9.81. The maximum absolute atomic E-state index is 2.54. The molecular formula is C42H39N. The molecule has 8 rings (SSSR count). The van der Waals surface area contributed by atoms with Gasteiger partial charge in [0.2, 0.25) is 0 Å². The maximum Gasteiger partial charge on any atom is 0.0620 e. The lowest BCUT2D eigenvalue weighted by molar-refractivity contribution is 0.592. The first-order valence-corrected chi connectivity index (χ1v) is 15.8. The molecule has 6 aromatic carbocycles. The number of benzene rings is 6. The summed E-state index contributed by atoms with van der Waals surface area (Å²) in [5.41, 5.74) is 10.8. The van der Waals surface area contributed by atoms with Gasteiger partial charge >= 0.3 is 0 Å². The van der Waals surface area contributed by atoms with Crippen molar-refractivity contribution < 1.29 is 0 Å². The maximum atomic E-state index is 2.54. The minimum Gasteiger partial charge on any atom is -0.308 e. The van der Waals surface area contributed by atoms with Gasteiger partial charge in [-0.3, -0.25) is 0 Å². The standard InChI is InChI=1S/C42H39N/c1-24(2)26-12-14-28-22-39-34(18-30(28)16-26)36-20-32(33-10-8-9-11-38(33)42(5,6)7)21-37-35-19-31-17-27(25(3)4)13-15-29(31)23-40(35)43(39)41(36)37/h8-25H,1-7H3. The predicted octanol–water partition coefficient (Wildman–Crippen LogP) is 12.4. The molecule has 0 unspecified atom stereocenters. The van der Waals surface area contributed by atoms with E-state index >= 15 is 0 Å². The van der Waals surface area contributed by atoms with Crippen LogP contribution in [0.1, 0.15) is 77.0 Å². The van der Waals surface area contributed by atoms with Crippen molar-refractivity contribution in [3.63, 3.8) is 0 Å². The molecule has 0 atom stereocenters. The summed E-state index contributed by atoms with van der Waals surface area (Å²) < 4.78 is 2.54. The minimum absolute atomic E-state index is 0.0463. The Kier molecular flexibility index (Phi) is 5.54. The molecule has 0 radical (unpaired) electrons. The summed E-state index contributed by atoms with van der Waals surface area (Å²) in [4.78, 5) is 0. The Balaban J connectivity index is 1.55. The summed E-state index contributed by atoms with van der Waals surface area (Å²) in [6.07, 6.45) is 0. The third-order valence-corrected chi connectivity index (χ3v) is 9.73. The van der Waals surface area contributed by atoms with E-state index in [1.807, 2.05) is 0 Å². The van der Waals surface area contributed by atoms with Crippen molar-refractivity contribution in [1.82, 2.24) is 4.40 Å². The topological polar surface area (TPSA) is 4.41 Å².